The van der Waals surface area contributed by atoms with Gasteiger partial charge in [0.05, 0.1) is 14.2 Å². The molecule has 0 saturated heterocycles. The summed E-state index contributed by atoms with van der Waals surface area (Å²) in [6.07, 6.45) is 0.720. The monoisotopic (exact) mass is 414 g/mol. The van der Waals surface area contributed by atoms with Crippen molar-refractivity contribution in [2.24, 2.45) is 0 Å². The van der Waals surface area contributed by atoms with Gasteiger partial charge in [0.25, 0.3) is 0 Å². The van der Waals surface area contributed by atoms with Gasteiger partial charge in [-0.1, -0.05) is 16.8 Å². The Kier molecular flexibility index (Phi) is 5.07. The van der Waals surface area contributed by atoms with Gasteiger partial charge in [0, 0.05) is 23.7 Å². The lowest BCUT2D eigenvalue weighted by atomic mass is 9.98. The first-order chi connectivity index (χ1) is 14.0. The number of anilines is 1. The minimum absolute atomic E-state index is 0.0382. The van der Waals surface area contributed by atoms with Crippen molar-refractivity contribution in [3.05, 3.63) is 58.1 Å². The Morgan fingerprint density at radius 1 is 1.14 bits per heavy atom. The molecule has 0 aliphatic carbocycles. The number of hydrogen-bond donors (Lipinski definition) is 1. The van der Waals surface area contributed by atoms with E-state index in [1.807, 2.05) is 17.0 Å². The molecule has 0 fully saturated rings. The molecule has 1 N–H and O–H groups in total. The molecule has 8 heteroatoms. The smallest absolute Gasteiger partial charge is 0.343 e. The molecule has 0 amide bonds. The van der Waals surface area contributed by atoms with Crippen molar-refractivity contribution in [3.63, 3.8) is 0 Å². The van der Waals surface area contributed by atoms with Crippen LogP contribution in [0.25, 0.3) is 11.3 Å². The SMILES string of the molecule is COc1cc2c(cc1OC)CN(c1noc(-c3ccc(Cl)cc3)c1C(=O)O)CC2. The van der Waals surface area contributed by atoms with E-state index in [2.05, 4.69) is 5.16 Å². The molecular weight excluding hydrogens is 396 g/mol. The Bertz CT molecular complexity index is 1060. The zero-order valence-electron chi connectivity index (χ0n) is 15.9. The number of benzene rings is 2. The fraction of sp³-hybridized carbons (Fsp3) is 0.238. The molecule has 7 nitrogen and oxygen atoms in total. The topological polar surface area (TPSA) is 85.0 Å². The van der Waals surface area contributed by atoms with E-state index in [-0.39, 0.29) is 11.3 Å². The number of aromatic nitrogens is 1. The first kappa shape index (κ1) is 19.1. The lowest BCUT2D eigenvalue weighted by Gasteiger charge is -2.29. The van der Waals surface area contributed by atoms with E-state index in [9.17, 15) is 9.90 Å². The second kappa shape index (κ2) is 7.67. The Morgan fingerprint density at radius 3 is 2.41 bits per heavy atom. The van der Waals surface area contributed by atoms with Crippen molar-refractivity contribution >= 4 is 23.4 Å². The predicted molar refractivity (Wildman–Crippen MR) is 108 cm³/mol. The van der Waals surface area contributed by atoms with Crippen LogP contribution in [-0.4, -0.2) is 37.0 Å². The number of hydrogen-bond acceptors (Lipinski definition) is 6. The maximum absolute atomic E-state index is 12.0. The summed E-state index contributed by atoms with van der Waals surface area (Å²) in [5.41, 5.74) is 2.81. The van der Waals surface area contributed by atoms with Gasteiger partial charge in [-0.25, -0.2) is 4.79 Å². The Hall–Kier alpha value is -3.19. The molecule has 0 atom stereocenters. The zero-order valence-corrected chi connectivity index (χ0v) is 16.7. The first-order valence-electron chi connectivity index (χ1n) is 8.99. The molecule has 2 aromatic carbocycles. The largest absolute Gasteiger partial charge is 0.493 e. The van der Waals surface area contributed by atoms with Gasteiger partial charge in [-0.3, -0.25) is 0 Å². The van der Waals surface area contributed by atoms with Gasteiger partial charge in [0.15, 0.2) is 28.6 Å². The van der Waals surface area contributed by atoms with E-state index < -0.39 is 5.97 Å². The van der Waals surface area contributed by atoms with E-state index in [0.29, 0.717) is 41.0 Å². The summed E-state index contributed by atoms with van der Waals surface area (Å²) in [7, 11) is 3.19. The number of halogens is 1. The molecule has 0 unspecified atom stereocenters. The highest BCUT2D eigenvalue weighted by Gasteiger charge is 2.30. The summed E-state index contributed by atoms with van der Waals surface area (Å²) in [6, 6.07) is 10.7. The third kappa shape index (κ3) is 3.49. The van der Waals surface area contributed by atoms with Crippen molar-refractivity contribution in [1.29, 1.82) is 0 Å². The van der Waals surface area contributed by atoms with Crippen molar-refractivity contribution in [2.75, 3.05) is 25.7 Å². The molecule has 150 valence electrons. The van der Waals surface area contributed by atoms with Gasteiger partial charge in [0.2, 0.25) is 0 Å². The Balaban J connectivity index is 1.71. The zero-order chi connectivity index (χ0) is 20.5. The summed E-state index contributed by atoms with van der Waals surface area (Å²) in [4.78, 5) is 13.9. The number of nitrogens with zero attached hydrogens (tertiary/aromatic N) is 2. The van der Waals surface area contributed by atoms with Crippen molar-refractivity contribution in [3.8, 4) is 22.8 Å². The number of carboxylic acids is 1. The number of ether oxygens (including phenoxy) is 2. The fourth-order valence-corrected chi connectivity index (χ4v) is 3.68. The van der Waals surface area contributed by atoms with Crippen LogP contribution < -0.4 is 14.4 Å². The molecule has 2 heterocycles. The summed E-state index contributed by atoms with van der Waals surface area (Å²) in [5.74, 6) is 0.736. The van der Waals surface area contributed by atoms with Crippen molar-refractivity contribution in [2.45, 2.75) is 13.0 Å². The van der Waals surface area contributed by atoms with Crippen LogP contribution in [-0.2, 0) is 13.0 Å². The summed E-state index contributed by atoms with van der Waals surface area (Å²) in [5, 5.41) is 14.5. The molecule has 1 aromatic heterocycles. The minimum Gasteiger partial charge on any atom is -0.493 e. The molecule has 0 bridgehead atoms. The second-order valence-corrected chi connectivity index (χ2v) is 7.11. The molecule has 0 radical (unpaired) electrons. The normalized spacial score (nSPS) is 13.1. The average molecular weight is 415 g/mol. The number of fused-ring (bicyclic) bond motifs is 1. The van der Waals surface area contributed by atoms with Gasteiger partial charge in [-0.15, -0.1) is 0 Å². The number of carbonyl (C=O) groups is 1. The molecular formula is C21H19ClN2O5. The van der Waals surface area contributed by atoms with Gasteiger partial charge in [-0.05, 0) is 53.9 Å². The van der Waals surface area contributed by atoms with E-state index in [0.717, 1.165) is 17.5 Å². The first-order valence-corrected chi connectivity index (χ1v) is 9.37. The summed E-state index contributed by atoms with van der Waals surface area (Å²) < 4.78 is 16.2. The highest BCUT2D eigenvalue weighted by atomic mass is 35.5. The number of methoxy groups -OCH3 is 2. The average Bonchev–Trinajstić information content (AvgIpc) is 3.18. The lowest BCUT2D eigenvalue weighted by Crippen LogP contribution is -2.31. The van der Waals surface area contributed by atoms with Crippen LogP contribution in [0.5, 0.6) is 11.5 Å². The van der Waals surface area contributed by atoms with Crippen LogP contribution in [0.4, 0.5) is 5.82 Å². The Labute approximate surface area is 172 Å². The van der Waals surface area contributed by atoms with Gasteiger partial charge in [0.1, 0.15) is 0 Å². The molecule has 3 aromatic rings. The third-order valence-electron chi connectivity index (χ3n) is 5.01. The molecule has 0 saturated carbocycles. The maximum atomic E-state index is 12.0. The van der Waals surface area contributed by atoms with Crippen molar-refractivity contribution in [1.82, 2.24) is 5.16 Å². The molecule has 29 heavy (non-hydrogen) atoms. The van der Waals surface area contributed by atoms with Crippen LogP contribution in [0.15, 0.2) is 40.9 Å². The number of rotatable bonds is 5. The van der Waals surface area contributed by atoms with Gasteiger partial charge >= 0.3 is 5.97 Å². The van der Waals surface area contributed by atoms with Crippen LogP contribution >= 0.6 is 11.6 Å². The summed E-state index contributed by atoms with van der Waals surface area (Å²) in [6.45, 7) is 1.10. The van der Waals surface area contributed by atoms with E-state index in [4.69, 9.17) is 25.6 Å². The molecule has 1 aliphatic heterocycles. The van der Waals surface area contributed by atoms with Crippen LogP contribution in [0.2, 0.25) is 5.02 Å². The van der Waals surface area contributed by atoms with Gasteiger partial charge < -0.3 is 24.0 Å². The highest BCUT2D eigenvalue weighted by Crippen LogP contribution is 2.37. The Morgan fingerprint density at radius 2 is 1.79 bits per heavy atom. The van der Waals surface area contributed by atoms with E-state index >= 15 is 0 Å². The molecule has 1 aliphatic rings. The maximum Gasteiger partial charge on any atom is 0.343 e. The van der Waals surface area contributed by atoms with Crippen LogP contribution in [0.3, 0.4) is 0 Å². The van der Waals surface area contributed by atoms with Crippen LogP contribution in [0.1, 0.15) is 21.5 Å². The van der Waals surface area contributed by atoms with E-state index in [1.165, 1.54) is 0 Å². The second-order valence-electron chi connectivity index (χ2n) is 6.67. The quantitative estimate of drug-likeness (QED) is 0.667. The third-order valence-corrected chi connectivity index (χ3v) is 5.26. The number of aromatic carboxylic acids is 1. The summed E-state index contributed by atoms with van der Waals surface area (Å²) >= 11 is 5.93. The molecule has 4 rings (SSSR count). The highest BCUT2D eigenvalue weighted by molar-refractivity contribution is 6.30. The predicted octanol–water partition coefficient (Wildman–Crippen LogP) is 4.27. The number of carboxylic acid groups (broad SMARTS) is 1. The minimum atomic E-state index is -1.09. The molecule has 0 spiro atoms. The standard InChI is InChI=1S/C21H19ClN2O5/c1-27-16-9-13-7-8-24(11-14(13)10-17(16)28-2)20-18(21(25)26)19(29-23-20)12-3-5-15(22)6-4-12/h3-6,9-10H,7-8,11H2,1-2H3,(H,25,26). The van der Waals surface area contributed by atoms with Crippen molar-refractivity contribution < 1.29 is 23.9 Å². The van der Waals surface area contributed by atoms with Gasteiger partial charge in [-0.2, -0.15) is 0 Å². The van der Waals surface area contributed by atoms with E-state index in [1.54, 1.807) is 38.5 Å². The fourth-order valence-electron chi connectivity index (χ4n) is 3.55. The van der Waals surface area contributed by atoms with Crippen LogP contribution in [0, 0.1) is 0 Å². The lowest BCUT2D eigenvalue weighted by molar-refractivity contribution is 0.0697.